The van der Waals surface area contributed by atoms with Gasteiger partial charge in [0.2, 0.25) is 0 Å². The lowest BCUT2D eigenvalue weighted by Gasteiger charge is -2.39. The number of halogens is 4. The molecule has 3 rings (SSSR count). The lowest BCUT2D eigenvalue weighted by atomic mass is 9.81. The molecule has 2 aliphatic rings. The third-order valence-corrected chi connectivity index (χ3v) is 7.61. The largest absolute Gasteiger partial charge is 0.453 e. The first-order valence-corrected chi connectivity index (χ1v) is 9.03. The van der Waals surface area contributed by atoms with Crippen molar-refractivity contribution in [3.8, 4) is 0 Å². The summed E-state index contributed by atoms with van der Waals surface area (Å²) in [5, 5.41) is 0.705. The Morgan fingerprint density at radius 1 is 1.48 bits per heavy atom. The number of alkyl halides is 2. The molecule has 1 aliphatic carbocycles. The molecule has 1 amide bonds. The molecule has 0 N–H and O–H groups in total. The minimum atomic E-state index is -0.341. The number of rotatable bonds is 0. The molecule has 0 aromatic carbocycles. The van der Waals surface area contributed by atoms with E-state index in [0.717, 1.165) is 17.5 Å². The number of fused-ring (bicyclic) bond motifs is 3. The number of nitrogens with zero attached hydrogens (tertiary/aromatic N) is 2. The molecule has 1 aromatic heterocycles. The van der Waals surface area contributed by atoms with E-state index in [0.29, 0.717) is 16.9 Å². The molecule has 4 nitrogen and oxygen atoms in total. The predicted octanol–water partition coefficient (Wildman–Crippen LogP) is 4.73. The molecular formula is C13H12Br2Cl2N2O2. The average Bonchev–Trinajstić information content (AvgIpc) is 2.88. The highest BCUT2D eigenvalue weighted by molar-refractivity contribution is 9.12. The molecule has 0 bridgehead atoms. The lowest BCUT2D eigenvalue weighted by Crippen LogP contribution is -2.38. The molecule has 1 fully saturated rings. The Morgan fingerprint density at radius 3 is 2.86 bits per heavy atom. The maximum absolute atomic E-state index is 12.0. The Labute approximate surface area is 149 Å². The number of carbonyl (C=O) groups is 1. The van der Waals surface area contributed by atoms with Gasteiger partial charge < -0.3 is 9.64 Å². The predicted molar refractivity (Wildman–Crippen MR) is 88.6 cm³/mol. The molecule has 8 heteroatoms. The Morgan fingerprint density at radius 2 is 2.19 bits per heavy atom. The Bertz CT molecular complexity index is 602. The van der Waals surface area contributed by atoms with Gasteiger partial charge in [-0.3, -0.25) is 0 Å². The van der Waals surface area contributed by atoms with Crippen LogP contribution < -0.4 is 0 Å². The molecule has 4 atom stereocenters. The maximum Gasteiger partial charge on any atom is 0.410 e. The second kappa shape index (κ2) is 5.87. The molecule has 1 saturated heterocycles. The van der Waals surface area contributed by atoms with Gasteiger partial charge in [0.1, 0.15) is 10.3 Å². The highest BCUT2D eigenvalue weighted by atomic mass is 79.9. The number of ether oxygens (including phenoxy) is 1. The van der Waals surface area contributed by atoms with E-state index >= 15 is 0 Å². The first kappa shape index (κ1) is 15.8. The third-order valence-electron chi connectivity index (χ3n) is 4.15. The van der Waals surface area contributed by atoms with Crippen molar-refractivity contribution in [3.05, 3.63) is 27.5 Å². The highest BCUT2D eigenvalue weighted by Gasteiger charge is 2.49. The fraction of sp³-hybridized carbons (Fsp3) is 0.538. The van der Waals surface area contributed by atoms with Crippen LogP contribution in [0.5, 0.6) is 0 Å². The van der Waals surface area contributed by atoms with Crippen LogP contribution in [0.1, 0.15) is 28.4 Å². The first-order valence-electron chi connectivity index (χ1n) is 6.44. The van der Waals surface area contributed by atoms with E-state index in [-0.39, 0.29) is 27.7 Å². The summed E-state index contributed by atoms with van der Waals surface area (Å²) >= 11 is 19.8. The van der Waals surface area contributed by atoms with Crippen molar-refractivity contribution in [2.24, 2.45) is 5.92 Å². The zero-order chi connectivity index (χ0) is 15.3. The van der Waals surface area contributed by atoms with Gasteiger partial charge in [0, 0.05) is 16.9 Å². The summed E-state index contributed by atoms with van der Waals surface area (Å²) in [4.78, 5) is 18.1. The van der Waals surface area contributed by atoms with Crippen LogP contribution in [0.25, 0.3) is 0 Å². The number of methoxy groups -OCH3 is 1. The molecule has 114 valence electrons. The standard InChI is InChI=1S/C13H12Br2Cl2N2O2/c1-21-13(20)19-3-2-5-9(14)10(15)6-4-7(16)18-12(17)8(6)11(5)19/h4-5,9-11H,2-3H2,1H3/t5-,9-,10-,11-/m1/s1. The van der Waals surface area contributed by atoms with Gasteiger partial charge in [0.25, 0.3) is 0 Å². The minimum Gasteiger partial charge on any atom is -0.453 e. The van der Waals surface area contributed by atoms with E-state index in [9.17, 15) is 4.79 Å². The fourth-order valence-electron chi connectivity index (χ4n) is 3.26. The van der Waals surface area contributed by atoms with Crippen LogP contribution in [0.3, 0.4) is 0 Å². The number of likely N-dealkylation sites (tertiary alicyclic amines) is 1. The molecule has 1 aliphatic heterocycles. The van der Waals surface area contributed by atoms with Gasteiger partial charge in [-0.1, -0.05) is 55.1 Å². The molecule has 1 aromatic rings. The van der Waals surface area contributed by atoms with Gasteiger partial charge in [0.05, 0.1) is 18.0 Å². The lowest BCUT2D eigenvalue weighted by molar-refractivity contribution is 0.112. The Hall–Kier alpha value is -0.0400. The van der Waals surface area contributed by atoms with Crippen LogP contribution in [-0.4, -0.2) is 34.5 Å². The summed E-state index contributed by atoms with van der Waals surface area (Å²) in [7, 11) is 1.39. The summed E-state index contributed by atoms with van der Waals surface area (Å²) in [5.41, 5.74) is 1.84. The molecular weight excluding hydrogens is 447 g/mol. The summed E-state index contributed by atoms with van der Waals surface area (Å²) in [6.45, 7) is 0.641. The van der Waals surface area contributed by atoms with Crippen molar-refractivity contribution in [2.75, 3.05) is 13.7 Å². The van der Waals surface area contributed by atoms with Crippen LogP contribution >= 0.6 is 55.1 Å². The van der Waals surface area contributed by atoms with Crippen LogP contribution in [0.2, 0.25) is 10.3 Å². The average molecular weight is 459 g/mol. The van der Waals surface area contributed by atoms with Gasteiger partial charge >= 0.3 is 6.09 Å². The van der Waals surface area contributed by atoms with Crippen molar-refractivity contribution >= 4 is 61.2 Å². The van der Waals surface area contributed by atoms with Crippen molar-refractivity contribution in [3.63, 3.8) is 0 Å². The maximum atomic E-state index is 12.0. The molecule has 0 spiro atoms. The SMILES string of the molecule is COC(=O)N1CC[C@@H]2[C@@H](Br)[C@H](Br)c3cc(Cl)nc(Cl)c3[C@@H]21. The summed E-state index contributed by atoms with van der Waals surface area (Å²) in [6, 6.07) is 1.67. The van der Waals surface area contributed by atoms with E-state index in [4.69, 9.17) is 27.9 Å². The summed E-state index contributed by atoms with van der Waals surface area (Å²) in [5.74, 6) is 0.251. The zero-order valence-electron chi connectivity index (χ0n) is 11.0. The van der Waals surface area contributed by atoms with Crippen molar-refractivity contribution in [2.45, 2.75) is 22.1 Å². The van der Waals surface area contributed by atoms with Gasteiger partial charge in [-0.05, 0) is 24.0 Å². The molecule has 0 saturated carbocycles. The van der Waals surface area contributed by atoms with Crippen LogP contribution in [-0.2, 0) is 4.74 Å². The second-order valence-electron chi connectivity index (χ2n) is 5.15. The van der Waals surface area contributed by atoms with Gasteiger partial charge in [-0.2, -0.15) is 0 Å². The Balaban J connectivity index is 2.16. The second-order valence-corrected chi connectivity index (χ2v) is 7.93. The summed E-state index contributed by atoms with van der Waals surface area (Å²) < 4.78 is 4.89. The fourth-order valence-corrected chi connectivity index (χ4v) is 5.43. The van der Waals surface area contributed by atoms with Crippen LogP contribution in [0.15, 0.2) is 6.07 Å². The van der Waals surface area contributed by atoms with E-state index < -0.39 is 0 Å². The van der Waals surface area contributed by atoms with Gasteiger partial charge in [-0.15, -0.1) is 0 Å². The molecule has 0 radical (unpaired) electrons. The van der Waals surface area contributed by atoms with E-state index in [1.807, 2.05) is 0 Å². The van der Waals surface area contributed by atoms with E-state index in [1.54, 1.807) is 11.0 Å². The topological polar surface area (TPSA) is 42.4 Å². The van der Waals surface area contributed by atoms with Crippen LogP contribution in [0.4, 0.5) is 4.79 Å². The number of aromatic nitrogens is 1. The number of hydrogen-bond acceptors (Lipinski definition) is 3. The normalized spacial score (nSPS) is 30.8. The first-order chi connectivity index (χ1) is 9.95. The number of amides is 1. The minimum absolute atomic E-state index is 0.0735. The number of pyridine rings is 1. The molecule has 21 heavy (non-hydrogen) atoms. The third kappa shape index (κ3) is 2.48. The molecule has 2 heterocycles. The van der Waals surface area contributed by atoms with Crippen molar-refractivity contribution in [1.29, 1.82) is 0 Å². The van der Waals surface area contributed by atoms with Crippen molar-refractivity contribution in [1.82, 2.24) is 9.88 Å². The van der Waals surface area contributed by atoms with Crippen molar-refractivity contribution < 1.29 is 9.53 Å². The monoisotopic (exact) mass is 456 g/mol. The van der Waals surface area contributed by atoms with Gasteiger partial charge in [-0.25, -0.2) is 9.78 Å². The smallest absolute Gasteiger partial charge is 0.410 e. The quantitative estimate of drug-likeness (QED) is 0.417. The van der Waals surface area contributed by atoms with E-state index in [1.165, 1.54) is 7.11 Å². The van der Waals surface area contributed by atoms with Crippen LogP contribution in [0, 0.1) is 5.92 Å². The van der Waals surface area contributed by atoms with E-state index in [2.05, 4.69) is 36.8 Å². The molecule has 0 unspecified atom stereocenters. The summed E-state index contributed by atoms with van der Waals surface area (Å²) in [6.07, 6.45) is 0.545. The highest BCUT2D eigenvalue weighted by Crippen LogP contribution is 2.55. The Kier molecular flexibility index (Phi) is 4.43. The van der Waals surface area contributed by atoms with Gasteiger partial charge in [0.15, 0.2) is 0 Å². The number of carbonyl (C=O) groups excluding carboxylic acids is 1. The number of hydrogen-bond donors (Lipinski definition) is 0. The zero-order valence-corrected chi connectivity index (χ0v) is 15.7.